The number of anilines is 1. The first kappa shape index (κ1) is 14.1. The van der Waals surface area contributed by atoms with E-state index in [-0.39, 0.29) is 11.6 Å². The molecule has 0 spiro atoms. The lowest BCUT2D eigenvalue weighted by Gasteiger charge is -2.12. The fraction of sp³-hybridized carbons (Fsp3) is 0.231. The van der Waals surface area contributed by atoms with Crippen molar-refractivity contribution in [3.8, 4) is 17.0 Å². The number of nitrogens with one attached hydrogen (secondary N) is 1. The van der Waals surface area contributed by atoms with Crippen molar-refractivity contribution in [3.63, 3.8) is 0 Å². The van der Waals surface area contributed by atoms with Crippen molar-refractivity contribution in [3.05, 3.63) is 36.0 Å². The van der Waals surface area contributed by atoms with Crippen LogP contribution in [0.15, 0.2) is 30.3 Å². The Morgan fingerprint density at radius 3 is 2.45 bits per heavy atom. The fourth-order valence-electron chi connectivity index (χ4n) is 1.70. The van der Waals surface area contributed by atoms with Crippen LogP contribution in [-0.2, 0) is 6.18 Å². The van der Waals surface area contributed by atoms with Crippen LogP contribution in [0.3, 0.4) is 0 Å². The number of alkyl halides is 3. The minimum Gasteiger partial charge on any atom is -0.496 e. The number of ether oxygens (including phenoxy) is 1. The van der Waals surface area contributed by atoms with Crippen molar-refractivity contribution in [1.29, 1.82) is 0 Å². The minimum atomic E-state index is -4.54. The van der Waals surface area contributed by atoms with Gasteiger partial charge in [0.15, 0.2) is 5.69 Å². The second-order valence-electron chi connectivity index (χ2n) is 3.91. The summed E-state index contributed by atoms with van der Waals surface area (Å²) in [5.41, 5.74) is -0.383. The Balaban J connectivity index is 2.62. The Hall–Kier alpha value is -2.31. The van der Waals surface area contributed by atoms with Gasteiger partial charge in [-0.15, -0.1) is 0 Å². The highest BCUT2D eigenvalue weighted by Crippen LogP contribution is 2.34. The Labute approximate surface area is 113 Å². The molecule has 0 radical (unpaired) electrons. The van der Waals surface area contributed by atoms with Crippen LogP contribution >= 0.6 is 0 Å². The van der Waals surface area contributed by atoms with Crippen molar-refractivity contribution < 1.29 is 17.9 Å². The highest BCUT2D eigenvalue weighted by molar-refractivity contribution is 5.68. The molecule has 0 unspecified atom stereocenters. The maximum atomic E-state index is 12.8. The van der Waals surface area contributed by atoms with E-state index in [2.05, 4.69) is 15.3 Å². The normalized spacial score (nSPS) is 11.2. The van der Waals surface area contributed by atoms with Gasteiger partial charge in [0.05, 0.1) is 12.8 Å². The number of halogens is 3. The van der Waals surface area contributed by atoms with Gasteiger partial charge >= 0.3 is 6.18 Å². The number of hydrogen-bond acceptors (Lipinski definition) is 4. The summed E-state index contributed by atoms with van der Waals surface area (Å²) in [6, 6.07) is 7.63. The largest absolute Gasteiger partial charge is 0.496 e. The Morgan fingerprint density at radius 1 is 1.15 bits per heavy atom. The number of hydrogen-bond donors (Lipinski definition) is 1. The first-order valence-corrected chi connectivity index (χ1v) is 5.73. The average molecular weight is 283 g/mol. The summed E-state index contributed by atoms with van der Waals surface area (Å²) in [6.45, 7) is 0. The second-order valence-corrected chi connectivity index (χ2v) is 3.91. The molecule has 106 valence electrons. The van der Waals surface area contributed by atoms with Crippen LogP contribution in [0.1, 0.15) is 5.69 Å². The smallest absolute Gasteiger partial charge is 0.433 e. The third kappa shape index (κ3) is 2.81. The van der Waals surface area contributed by atoms with Crippen molar-refractivity contribution in [2.24, 2.45) is 0 Å². The Kier molecular flexibility index (Phi) is 3.78. The molecule has 0 aliphatic heterocycles. The van der Waals surface area contributed by atoms with Gasteiger partial charge in [0.2, 0.25) is 5.95 Å². The van der Waals surface area contributed by atoms with E-state index in [0.29, 0.717) is 11.3 Å². The van der Waals surface area contributed by atoms with Crippen molar-refractivity contribution in [2.75, 3.05) is 19.5 Å². The summed E-state index contributed by atoms with van der Waals surface area (Å²) in [6.07, 6.45) is -4.54. The molecule has 4 nitrogen and oxygen atoms in total. The van der Waals surface area contributed by atoms with E-state index in [4.69, 9.17) is 4.74 Å². The maximum absolute atomic E-state index is 12.8. The van der Waals surface area contributed by atoms with Gasteiger partial charge in [-0.05, 0) is 18.2 Å². The zero-order valence-corrected chi connectivity index (χ0v) is 10.8. The van der Waals surface area contributed by atoms with E-state index in [1.165, 1.54) is 14.2 Å². The van der Waals surface area contributed by atoms with Crippen molar-refractivity contribution in [2.45, 2.75) is 6.18 Å². The van der Waals surface area contributed by atoms with Crippen molar-refractivity contribution in [1.82, 2.24) is 9.97 Å². The third-order valence-electron chi connectivity index (χ3n) is 2.62. The van der Waals surface area contributed by atoms with E-state index in [9.17, 15) is 13.2 Å². The Morgan fingerprint density at radius 2 is 1.85 bits per heavy atom. The van der Waals surface area contributed by atoms with Gasteiger partial charge in [-0.25, -0.2) is 9.97 Å². The highest BCUT2D eigenvalue weighted by Gasteiger charge is 2.34. The van der Waals surface area contributed by atoms with Gasteiger partial charge in [0, 0.05) is 12.6 Å². The monoisotopic (exact) mass is 283 g/mol. The van der Waals surface area contributed by atoms with E-state index < -0.39 is 11.9 Å². The molecule has 1 aromatic heterocycles. The minimum absolute atomic E-state index is 0.0965. The molecule has 0 saturated carbocycles. The average Bonchev–Trinajstić information content (AvgIpc) is 2.45. The van der Waals surface area contributed by atoms with Gasteiger partial charge < -0.3 is 10.1 Å². The molecule has 0 bridgehead atoms. The zero-order valence-electron chi connectivity index (χ0n) is 10.8. The van der Waals surface area contributed by atoms with E-state index in [0.717, 1.165) is 6.07 Å². The summed E-state index contributed by atoms with van der Waals surface area (Å²) in [5, 5.41) is 2.52. The maximum Gasteiger partial charge on any atom is 0.433 e. The van der Waals surface area contributed by atoms with Gasteiger partial charge in [0.1, 0.15) is 5.75 Å². The highest BCUT2D eigenvalue weighted by atomic mass is 19.4. The molecule has 0 fully saturated rings. The van der Waals surface area contributed by atoms with E-state index in [1.54, 1.807) is 24.3 Å². The molecule has 2 rings (SSSR count). The molecule has 1 N–H and O–H groups in total. The molecular weight excluding hydrogens is 271 g/mol. The van der Waals surface area contributed by atoms with Gasteiger partial charge in [0.25, 0.3) is 0 Å². The molecule has 20 heavy (non-hydrogen) atoms. The number of benzene rings is 1. The topological polar surface area (TPSA) is 47.0 Å². The molecule has 1 heterocycles. The lowest BCUT2D eigenvalue weighted by molar-refractivity contribution is -0.141. The number of rotatable bonds is 3. The van der Waals surface area contributed by atoms with Crippen LogP contribution in [0.5, 0.6) is 5.75 Å². The molecule has 7 heteroatoms. The van der Waals surface area contributed by atoms with Gasteiger partial charge in [-0.2, -0.15) is 13.2 Å². The predicted octanol–water partition coefficient (Wildman–Crippen LogP) is 3.21. The molecular formula is C13H12F3N3O. The summed E-state index contributed by atoms with van der Waals surface area (Å²) < 4.78 is 43.6. The van der Waals surface area contributed by atoms with E-state index in [1.807, 2.05) is 0 Å². The van der Waals surface area contributed by atoms with Crippen LogP contribution in [0.25, 0.3) is 11.3 Å². The van der Waals surface area contributed by atoms with Crippen LogP contribution in [0.2, 0.25) is 0 Å². The predicted molar refractivity (Wildman–Crippen MR) is 68.6 cm³/mol. The summed E-state index contributed by atoms with van der Waals surface area (Å²) in [7, 11) is 2.91. The summed E-state index contributed by atoms with van der Waals surface area (Å²) >= 11 is 0. The lowest BCUT2D eigenvalue weighted by Crippen LogP contribution is -2.11. The molecule has 0 saturated heterocycles. The molecule has 0 atom stereocenters. The summed E-state index contributed by atoms with van der Waals surface area (Å²) in [5.74, 6) is 0.349. The van der Waals surface area contributed by atoms with Crippen LogP contribution in [0.4, 0.5) is 19.1 Å². The van der Waals surface area contributed by atoms with E-state index >= 15 is 0 Å². The van der Waals surface area contributed by atoms with Gasteiger partial charge in [-0.1, -0.05) is 12.1 Å². The number of aromatic nitrogens is 2. The fourth-order valence-corrected chi connectivity index (χ4v) is 1.70. The zero-order chi connectivity index (χ0) is 14.8. The first-order chi connectivity index (χ1) is 9.45. The molecule has 0 aliphatic carbocycles. The third-order valence-corrected chi connectivity index (χ3v) is 2.62. The van der Waals surface area contributed by atoms with Crippen molar-refractivity contribution >= 4 is 5.95 Å². The lowest BCUT2D eigenvalue weighted by atomic mass is 10.1. The molecule has 0 amide bonds. The standard InChI is InChI=1S/C13H12F3N3O/c1-17-12-18-9(7-11(19-12)13(14,15)16)8-5-3-4-6-10(8)20-2/h3-7H,1-2H3,(H,17,18,19). The first-order valence-electron chi connectivity index (χ1n) is 5.73. The molecule has 2 aromatic rings. The van der Waals surface area contributed by atoms with Crippen LogP contribution in [0, 0.1) is 0 Å². The number of para-hydroxylation sites is 1. The quantitative estimate of drug-likeness (QED) is 0.939. The number of nitrogens with zero attached hydrogens (tertiary/aromatic N) is 2. The Bertz CT molecular complexity index is 614. The summed E-state index contributed by atoms with van der Waals surface area (Å²) in [4.78, 5) is 7.46. The molecule has 0 aliphatic rings. The SMILES string of the molecule is CNc1nc(-c2ccccc2OC)cc(C(F)(F)F)n1. The van der Waals surface area contributed by atoms with Crippen LogP contribution in [-0.4, -0.2) is 24.1 Å². The number of methoxy groups -OCH3 is 1. The molecule has 1 aromatic carbocycles. The second kappa shape index (κ2) is 5.36. The van der Waals surface area contributed by atoms with Gasteiger partial charge in [-0.3, -0.25) is 0 Å². The van der Waals surface area contributed by atoms with Crippen LogP contribution < -0.4 is 10.1 Å².